The molecule has 1 unspecified atom stereocenters. The number of nitrogens with zero attached hydrogens (tertiary/aromatic N) is 4. The molecule has 0 radical (unpaired) electrons. The molecule has 1 aliphatic heterocycles. The van der Waals surface area contributed by atoms with Gasteiger partial charge in [-0.2, -0.15) is 15.0 Å². The zero-order valence-electron chi connectivity index (χ0n) is 10.9. The van der Waals surface area contributed by atoms with Gasteiger partial charge in [0.1, 0.15) is 0 Å². The van der Waals surface area contributed by atoms with E-state index in [1.807, 2.05) is 0 Å². The maximum atomic E-state index is 5.58. The SMILES string of the molecule is COc1nc(N)nc(NCC2CCCN(C)C2)n1. The van der Waals surface area contributed by atoms with Gasteiger partial charge in [-0.3, -0.25) is 0 Å². The predicted molar refractivity (Wildman–Crippen MR) is 69.5 cm³/mol. The van der Waals surface area contributed by atoms with Crippen molar-refractivity contribution in [3.8, 4) is 6.01 Å². The molecule has 7 heteroatoms. The van der Waals surface area contributed by atoms with Gasteiger partial charge in [0.15, 0.2) is 0 Å². The third-order valence-electron chi connectivity index (χ3n) is 3.09. The molecule has 0 saturated carbocycles. The van der Waals surface area contributed by atoms with Gasteiger partial charge in [-0.1, -0.05) is 0 Å². The van der Waals surface area contributed by atoms with Crippen molar-refractivity contribution in [1.29, 1.82) is 0 Å². The molecule has 1 aliphatic rings. The summed E-state index contributed by atoms with van der Waals surface area (Å²) in [5, 5.41) is 3.20. The van der Waals surface area contributed by atoms with Gasteiger partial charge in [0.05, 0.1) is 7.11 Å². The van der Waals surface area contributed by atoms with E-state index in [1.54, 1.807) is 0 Å². The van der Waals surface area contributed by atoms with Gasteiger partial charge >= 0.3 is 6.01 Å². The molecule has 2 rings (SSSR count). The molecular formula is C11H20N6O. The van der Waals surface area contributed by atoms with E-state index < -0.39 is 0 Å². The number of rotatable bonds is 4. The maximum Gasteiger partial charge on any atom is 0.322 e. The first-order chi connectivity index (χ1) is 8.67. The molecule has 18 heavy (non-hydrogen) atoms. The van der Waals surface area contributed by atoms with Crippen molar-refractivity contribution in [2.75, 3.05) is 44.8 Å². The Labute approximate surface area is 107 Å². The summed E-state index contributed by atoms with van der Waals surface area (Å²) in [6.07, 6.45) is 2.47. The van der Waals surface area contributed by atoms with Crippen LogP contribution >= 0.6 is 0 Å². The molecule has 1 fully saturated rings. The Balaban J connectivity index is 1.91. The molecule has 0 bridgehead atoms. The highest BCUT2D eigenvalue weighted by atomic mass is 16.5. The van der Waals surface area contributed by atoms with E-state index >= 15 is 0 Å². The first-order valence-electron chi connectivity index (χ1n) is 6.15. The molecule has 1 aromatic heterocycles. The molecule has 1 atom stereocenters. The number of piperidine rings is 1. The van der Waals surface area contributed by atoms with E-state index in [9.17, 15) is 0 Å². The fourth-order valence-electron chi connectivity index (χ4n) is 2.22. The van der Waals surface area contributed by atoms with Crippen LogP contribution < -0.4 is 15.8 Å². The number of hydrogen-bond donors (Lipinski definition) is 2. The minimum Gasteiger partial charge on any atom is -0.467 e. The van der Waals surface area contributed by atoms with Gasteiger partial charge in [-0.05, 0) is 32.4 Å². The lowest BCUT2D eigenvalue weighted by atomic mass is 9.99. The van der Waals surface area contributed by atoms with Gasteiger partial charge in [-0.25, -0.2) is 0 Å². The highest BCUT2D eigenvalue weighted by molar-refractivity contribution is 5.32. The average Bonchev–Trinajstić information content (AvgIpc) is 2.36. The van der Waals surface area contributed by atoms with Crippen molar-refractivity contribution < 1.29 is 4.74 Å². The first-order valence-corrected chi connectivity index (χ1v) is 6.15. The lowest BCUT2D eigenvalue weighted by molar-refractivity contribution is 0.217. The first kappa shape index (κ1) is 12.8. The standard InChI is InChI=1S/C11H20N6O/c1-17-5-3-4-8(7-17)6-13-10-14-9(12)15-11(16-10)18-2/h8H,3-7H2,1-2H3,(H3,12,13,14,15,16). The molecule has 3 N–H and O–H groups in total. The van der Waals surface area contributed by atoms with E-state index in [-0.39, 0.29) is 12.0 Å². The van der Waals surface area contributed by atoms with Gasteiger partial charge in [0.25, 0.3) is 0 Å². The Kier molecular flexibility index (Phi) is 4.14. The lowest BCUT2D eigenvalue weighted by Gasteiger charge is -2.29. The number of anilines is 2. The second kappa shape index (κ2) is 5.81. The summed E-state index contributed by atoms with van der Waals surface area (Å²) in [5.74, 6) is 1.27. The fraction of sp³-hybridized carbons (Fsp3) is 0.727. The van der Waals surface area contributed by atoms with Gasteiger partial charge in [0, 0.05) is 13.1 Å². The van der Waals surface area contributed by atoms with E-state index in [0.29, 0.717) is 11.9 Å². The van der Waals surface area contributed by atoms with Crippen molar-refractivity contribution in [2.24, 2.45) is 5.92 Å². The summed E-state index contributed by atoms with van der Waals surface area (Å²) in [7, 11) is 3.66. The van der Waals surface area contributed by atoms with Crippen molar-refractivity contribution >= 4 is 11.9 Å². The summed E-state index contributed by atoms with van der Waals surface area (Å²) >= 11 is 0. The number of nitrogen functional groups attached to an aromatic ring is 1. The minimum atomic E-state index is 0.171. The van der Waals surface area contributed by atoms with Crippen LogP contribution in [0.25, 0.3) is 0 Å². The summed E-state index contributed by atoms with van der Waals surface area (Å²) in [4.78, 5) is 14.3. The predicted octanol–water partition coefficient (Wildman–Crippen LogP) is 0.216. The normalized spacial score (nSPS) is 20.7. The second-order valence-corrected chi connectivity index (χ2v) is 4.66. The van der Waals surface area contributed by atoms with Crippen molar-refractivity contribution in [3.05, 3.63) is 0 Å². The molecule has 0 spiro atoms. The van der Waals surface area contributed by atoms with E-state index in [1.165, 1.54) is 26.5 Å². The molecule has 7 nitrogen and oxygen atoms in total. The number of methoxy groups -OCH3 is 1. The molecule has 0 amide bonds. The van der Waals surface area contributed by atoms with Crippen LogP contribution in [-0.2, 0) is 0 Å². The number of hydrogen-bond acceptors (Lipinski definition) is 7. The number of nitrogens with one attached hydrogen (secondary N) is 1. The summed E-state index contributed by atoms with van der Waals surface area (Å²) in [5.41, 5.74) is 5.58. The third kappa shape index (κ3) is 3.43. The van der Waals surface area contributed by atoms with Crippen LogP contribution in [0.15, 0.2) is 0 Å². The summed E-state index contributed by atoms with van der Waals surface area (Å²) in [6.45, 7) is 3.13. The molecule has 1 saturated heterocycles. The minimum absolute atomic E-state index is 0.171. The van der Waals surface area contributed by atoms with Crippen molar-refractivity contribution in [1.82, 2.24) is 19.9 Å². The largest absolute Gasteiger partial charge is 0.467 e. The Morgan fingerprint density at radius 2 is 2.28 bits per heavy atom. The number of nitrogens with two attached hydrogens (primary N) is 1. The topological polar surface area (TPSA) is 89.2 Å². The van der Waals surface area contributed by atoms with Crippen molar-refractivity contribution in [2.45, 2.75) is 12.8 Å². The van der Waals surface area contributed by atoms with Crippen LogP contribution in [0.4, 0.5) is 11.9 Å². The quantitative estimate of drug-likeness (QED) is 0.792. The molecule has 0 aliphatic carbocycles. The maximum absolute atomic E-state index is 5.58. The van der Waals surface area contributed by atoms with Crippen LogP contribution in [0.1, 0.15) is 12.8 Å². The highest BCUT2D eigenvalue weighted by Crippen LogP contribution is 2.16. The zero-order chi connectivity index (χ0) is 13.0. The van der Waals surface area contributed by atoms with Crippen molar-refractivity contribution in [3.63, 3.8) is 0 Å². The van der Waals surface area contributed by atoms with Crippen LogP contribution in [0.3, 0.4) is 0 Å². The van der Waals surface area contributed by atoms with Gasteiger partial charge < -0.3 is 20.7 Å². The van der Waals surface area contributed by atoms with Crippen LogP contribution in [-0.4, -0.2) is 53.6 Å². The van der Waals surface area contributed by atoms with E-state index in [2.05, 4.69) is 32.2 Å². The monoisotopic (exact) mass is 252 g/mol. The van der Waals surface area contributed by atoms with Crippen LogP contribution in [0.2, 0.25) is 0 Å². The van der Waals surface area contributed by atoms with Gasteiger partial charge in [0.2, 0.25) is 11.9 Å². The van der Waals surface area contributed by atoms with Crippen LogP contribution in [0, 0.1) is 5.92 Å². The number of ether oxygens (including phenoxy) is 1. The summed E-state index contributed by atoms with van der Waals surface area (Å²) < 4.78 is 4.95. The second-order valence-electron chi connectivity index (χ2n) is 4.66. The Morgan fingerprint density at radius 3 is 3.00 bits per heavy atom. The Bertz CT molecular complexity index is 399. The highest BCUT2D eigenvalue weighted by Gasteiger charge is 2.17. The fourth-order valence-corrected chi connectivity index (χ4v) is 2.22. The lowest BCUT2D eigenvalue weighted by Crippen LogP contribution is -2.35. The molecule has 0 aromatic carbocycles. The zero-order valence-corrected chi connectivity index (χ0v) is 10.9. The smallest absolute Gasteiger partial charge is 0.322 e. The number of likely N-dealkylation sites (tertiary alicyclic amines) is 1. The van der Waals surface area contributed by atoms with Crippen LogP contribution in [0.5, 0.6) is 6.01 Å². The third-order valence-corrected chi connectivity index (χ3v) is 3.09. The van der Waals surface area contributed by atoms with Gasteiger partial charge in [-0.15, -0.1) is 0 Å². The molecule has 100 valence electrons. The molecular weight excluding hydrogens is 232 g/mol. The van der Waals surface area contributed by atoms with E-state index in [0.717, 1.165) is 13.1 Å². The molecule has 2 heterocycles. The molecule has 1 aromatic rings. The number of aromatic nitrogens is 3. The summed E-state index contributed by atoms with van der Waals surface area (Å²) in [6, 6.07) is 0.241. The Hall–Kier alpha value is -1.63. The van der Waals surface area contributed by atoms with E-state index in [4.69, 9.17) is 10.5 Å². The average molecular weight is 252 g/mol. The Morgan fingerprint density at radius 1 is 1.44 bits per heavy atom.